The lowest BCUT2D eigenvalue weighted by molar-refractivity contribution is -0.147. The van der Waals surface area contributed by atoms with Gasteiger partial charge in [-0.05, 0) is 61.0 Å². The number of amides is 1. The van der Waals surface area contributed by atoms with Gasteiger partial charge in [0, 0.05) is 19.5 Å². The molecule has 4 nitrogen and oxygen atoms in total. The molecule has 2 atom stereocenters. The summed E-state index contributed by atoms with van der Waals surface area (Å²) in [5.41, 5.74) is 2.86. The van der Waals surface area contributed by atoms with E-state index in [1.807, 2.05) is 23.1 Å². The molecule has 0 unspecified atom stereocenters. The highest BCUT2D eigenvalue weighted by Gasteiger charge is 2.40. The molecule has 1 spiro atoms. The van der Waals surface area contributed by atoms with Crippen LogP contribution in [0.25, 0.3) is 0 Å². The van der Waals surface area contributed by atoms with E-state index in [1.54, 1.807) is 0 Å². The molecule has 1 heterocycles. The summed E-state index contributed by atoms with van der Waals surface area (Å²) in [5, 5.41) is 9.80. The molecule has 2 aliphatic carbocycles. The summed E-state index contributed by atoms with van der Waals surface area (Å²) in [4.78, 5) is 26.7. The molecule has 4 heteroatoms. The Labute approximate surface area is 155 Å². The van der Waals surface area contributed by atoms with E-state index in [4.69, 9.17) is 0 Å². The van der Waals surface area contributed by atoms with Gasteiger partial charge in [0.15, 0.2) is 0 Å². The highest BCUT2D eigenvalue weighted by molar-refractivity contribution is 5.83. The van der Waals surface area contributed by atoms with Crippen molar-refractivity contribution in [2.24, 2.45) is 11.3 Å². The van der Waals surface area contributed by atoms with Gasteiger partial charge in [-0.1, -0.05) is 37.1 Å². The van der Waals surface area contributed by atoms with Gasteiger partial charge in [0.05, 0.1) is 5.92 Å². The van der Waals surface area contributed by atoms with Crippen LogP contribution in [0.4, 0.5) is 0 Å². The van der Waals surface area contributed by atoms with Gasteiger partial charge in [-0.25, -0.2) is 0 Å². The van der Waals surface area contributed by atoms with Crippen LogP contribution in [-0.2, 0) is 16.0 Å². The number of hydrogen-bond acceptors (Lipinski definition) is 2. The van der Waals surface area contributed by atoms with E-state index in [2.05, 4.69) is 6.07 Å². The van der Waals surface area contributed by atoms with Crippen molar-refractivity contribution in [3.8, 4) is 0 Å². The third-order valence-corrected chi connectivity index (χ3v) is 7.22. The minimum atomic E-state index is -0.829. The molecule has 2 fully saturated rings. The van der Waals surface area contributed by atoms with Crippen LogP contribution < -0.4 is 0 Å². The average Bonchev–Trinajstić information content (AvgIpc) is 3.27. The summed E-state index contributed by atoms with van der Waals surface area (Å²) in [6.45, 7) is 1.62. The van der Waals surface area contributed by atoms with Crippen molar-refractivity contribution >= 4 is 11.9 Å². The molecule has 26 heavy (non-hydrogen) atoms. The van der Waals surface area contributed by atoms with Crippen LogP contribution in [-0.4, -0.2) is 35.0 Å². The number of rotatable bonds is 4. The van der Waals surface area contributed by atoms with Gasteiger partial charge in [0.2, 0.25) is 5.91 Å². The van der Waals surface area contributed by atoms with Gasteiger partial charge < -0.3 is 10.0 Å². The Morgan fingerprint density at radius 2 is 1.81 bits per heavy atom. The molecule has 1 saturated heterocycles. The Balaban J connectivity index is 1.41. The minimum absolute atomic E-state index is 0.0291. The van der Waals surface area contributed by atoms with E-state index in [0.717, 1.165) is 44.3 Å². The lowest BCUT2D eigenvalue weighted by Crippen LogP contribution is -2.43. The monoisotopic (exact) mass is 355 g/mol. The fraction of sp³-hybridized carbons (Fsp3) is 0.636. The number of piperidine rings is 1. The second-order valence-electron chi connectivity index (χ2n) is 8.58. The number of hydrogen-bond donors (Lipinski definition) is 1. The van der Waals surface area contributed by atoms with E-state index in [9.17, 15) is 14.7 Å². The van der Waals surface area contributed by atoms with Crippen molar-refractivity contribution in [2.75, 3.05) is 13.1 Å². The maximum absolute atomic E-state index is 12.8. The Bertz CT molecular complexity index is 682. The number of aryl methyl sites for hydroxylation is 1. The quantitative estimate of drug-likeness (QED) is 0.888. The van der Waals surface area contributed by atoms with Crippen LogP contribution in [0.15, 0.2) is 24.3 Å². The van der Waals surface area contributed by atoms with Crippen molar-refractivity contribution < 1.29 is 14.7 Å². The summed E-state index contributed by atoms with van der Waals surface area (Å²) < 4.78 is 0. The third-order valence-electron chi connectivity index (χ3n) is 7.22. The van der Waals surface area contributed by atoms with Crippen LogP contribution in [0.5, 0.6) is 0 Å². The largest absolute Gasteiger partial charge is 0.481 e. The first-order valence-corrected chi connectivity index (χ1v) is 10.2. The molecule has 3 aliphatic rings. The van der Waals surface area contributed by atoms with Crippen LogP contribution in [0.3, 0.4) is 0 Å². The number of aliphatic carboxylic acids is 1. The summed E-state index contributed by atoms with van der Waals surface area (Å²) in [6, 6.07) is 8.11. The summed E-state index contributed by atoms with van der Waals surface area (Å²) >= 11 is 0. The fourth-order valence-corrected chi connectivity index (χ4v) is 5.58. The summed E-state index contributed by atoms with van der Waals surface area (Å²) in [7, 11) is 0. The zero-order chi connectivity index (χ0) is 18.1. The predicted octanol–water partition coefficient (Wildman–Crippen LogP) is 3.99. The molecule has 140 valence electrons. The normalized spacial score (nSPS) is 25.2. The molecule has 0 radical (unpaired) electrons. The maximum Gasteiger partial charge on any atom is 0.307 e. The van der Waals surface area contributed by atoms with Gasteiger partial charge in [0.1, 0.15) is 0 Å². The standard InChI is InChI=1S/C22H29NO3/c24-20(23-13-11-22(12-14-23)9-3-4-10-22)15-19(21(25)26)18-8-7-16-5-1-2-6-17(16)18/h1-2,5-6,18-19H,3-4,7-15H2,(H,25,26)/t18-,19+/m0/s1. The lowest BCUT2D eigenvalue weighted by Gasteiger charge is -2.40. The van der Waals surface area contributed by atoms with Crippen molar-refractivity contribution in [3.05, 3.63) is 35.4 Å². The van der Waals surface area contributed by atoms with E-state index >= 15 is 0 Å². The Morgan fingerprint density at radius 1 is 1.12 bits per heavy atom. The summed E-state index contributed by atoms with van der Waals surface area (Å²) in [5.74, 6) is -1.42. The smallest absolute Gasteiger partial charge is 0.307 e. The zero-order valence-corrected chi connectivity index (χ0v) is 15.5. The molecule has 1 saturated carbocycles. The first kappa shape index (κ1) is 17.6. The number of nitrogens with zero attached hydrogens (tertiary/aromatic N) is 1. The molecular formula is C22H29NO3. The van der Waals surface area contributed by atoms with Crippen LogP contribution >= 0.6 is 0 Å². The highest BCUT2D eigenvalue weighted by Crippen LogP contribution is 2.46. The van der Waals surface area contributed by atoms with E-state index in [1.165, 1.54) is 31.2 Å². The van der Waals surface area contributed by atoms with E-state index in [0.29, 0.717) is 5.41 Å². The molecule has 1 N–H and O–H groups in total. The number of benzene rings is 1. The molecule has 1 amide bonds. The SMILES string of the molecule is O=C(O)[C@H](CC(=O)N1CCC2(CCCC2)CC1)[C@H]1CCc2ccccc21. The molecule has 1 aliphatic heterocycles. The van der Waals surface area contributed by atoms with Gasteiger partial charge in [0.25, 0.3) is 0 Å². The van der Waals surface area contributed by atoms with Gasteiger partial charge >= 0.3 is 5.97 Å². The van der Waals surface area contributed by atoms with E-state index in [-0.39, 0.29) is 18.2 Å². The molecular weight excluding hydrogens is 326 g/mol. The Morgan fingerprint density at radius 3 is 2.50 bits per heavy atom. The Hall–Kier alpha value is -1.84. The zero-order valence-electron chi connectivity index (χ0n) is 15.5. The number of carboxylic acid groups (broad SMARTS) is 1. The average molecular weight is 355 g/mol. The van der Waals surface area contributed by atoms with Crippen molar-refractivity contribution in [3.63, 3.8) is 0 Å². The lowest BCUT2D eigenvalue weighted by atomic mass is 9.77. The van der Waals surface area contributed by atoms with Crippen molar-refractivity contribution in [1.29, 1.82) is 0 Å². The van der Waals surface area contributed by atoms with Gasteiger partial charge in [-0.2, -0.15) is 0 Å². The molecule has 0 aromatic heterocycles. The van der Waals surface area contributed by atoms with Crippen molar-refractivity contribution in [1.82, 2.24) is 4.90 Å². The first-order chi connectivity index (χ1) is 12.6. The summed E-state index contributed by atoms with van der Waals surface area (Å²) in [6.07, 6.45) is 9.38. The van der Waals surface area contributed by atoms with Gasteiger partial charge in [-0.15, -0.1) is 0 Å². The number of carboxylic acids is 1. The number of fused-ring (bicyclic) bond motifs is 1. The second-order valence-corrected chi connectivity index (χ2v) is 8.58. The van der Waals surface area contributed by atoms with Gasteiger partial charge in [-0.3, -0.25) is 9.59 Å². The van der Waals surface area contributed by atoms with Crippen molar-refractivity contribution in [2.45, 2.75) is 63.7 Å². The highest BCUT2D eigenvalue weighted by atomic mass is 16.4. The predicted molar refractivity (Wildman–Crippen MR) is 100.0 cm³/mol. The fourth-order valence-electron chi connectivity index (χ4n) is 5.58. The number of likely N-dealkylation sites (tertiary alicyclic amines) is 1. The van der Waals surface area contributed by atoms with Crippen LogP contribution in [0.1, 0.15) is 68.4 Å². The molecule has 1 aromatic carbocycles. The minimum Gasteiger partial charge on any atom is -0.481 e. The van der Waals surface area contributed by atoms with Crippen LogP contribution in [0.2, 0.25) is 0 Å². The maximum atomic E-state index is 12.8. The molecule has 1 aromatic rings. The second kappa shape index (κ2) is 7.05. The van der Waals surface area contributed by atoms with Crippen LogP contribution in [0, 0.1) is 11.3 Å². The number of carbonyl (C=O) groups is 2. The Kier molecular flexibility index (Phi) is 4.76. The number of carbonyl (C=O) groups excluding carboxylic acids is 1. The first-order valence-electron chi connectivity index (χ1n) is 10.2. The topological polar surface area (TPSA) is 57.6 Å². The molecule has 0 bridgehead atoms. The van der Waals surface area contributed by atoms with E-state index < -0.39 is 11.9 Å². The molecule has 4 rings (SSSR count). The third kappa shape index (κ3) is 3.26.